The molecular formula is C32H37N3O6. The minimum atomic E-state index is -0.633. The second-order valence-electron chi connectivity index (χ2n) is 10.9. The first kappa shape index (κ1) is 29.6. The highest BCUT2D eigenvalue weighted by Gasteiger charge is 2.29. The van der Waals surface area contributed by atoms with Crippen molar-refractivity contribution < 1.29 is 29.0 Å². The molecule has 0 bridgehead atoms. The summed E-state index contributed by atoms with van der Waals surface area (Å²) in [5.41, 5.74) is 5.63. The Kier molecular flexibility index (Phi) is 9.62. The molecule has 0 saturated carbocycles. The first-order valence-electron chi connectivity index (χ1n) is 13.7. The van der Waals surface area contributed by atoms with Gasteiger partial charge in [0, 0.05) is 31.1 Å². The molecule has 3 aromatic rings. The molecule has 4 N–H and O–H groups in total. The zero-order chi connectivity index (χ0) is 29.4. The van der Waals surface area contributed by atoms with Gasteiger partial charge in [0.15, 0.2) is 0 Å². The maximum absolute atomic E-state index is 12.7. The molecule has 0 unspecified atom stereocenters. The number of aliphatic hydroxyl groups is 1. The predicted octanol–water partition coefficient (Wildman–Crippen LogP) is 4.86. The Hall–Kier alpha value is -4.37. The van der Waals surface area contributed by atoms with Crippen molar-refractivity contribution in [1.82, 2.24) is 16.0 Å². The van der Waals surface area contributed by atoms with Crippen LogP contribution in [0, 0.1) is 0 Å². The van der Waals surface area contributed by atoms with Gasteiger partial charge >= 0.3 is 12.2 Å². The molecule has 9 nitrogen and oxygen atoms in total. The molecule has 216 valence electrons. The van der Waals surface area contributed by atoms with Crippen molar-refractivity contribution in [3.05, 3.63) is 94.5 Å². The quantitative estimate of drug-likeness (QED) is 0.263. The van der Waals surface area contributed by atoms with E-state index in [2.05, 4.69) is 40.2 Å². The van der Waals surface area contributed by atoms with Crippen LogP contribution in [0.4, 0.5) is 9.59 Å². The number of fused-ring (bicyclic) bond motifs is 3. The Morgan fingerprint density at radius 1 is 0.805 bits per heavy atom. The number of ether oxygens (including phenoxy) is 2. The fraction of sp³-hybridized carbons (Fsp3) is 0.344. The molecule has 1 aliphatic carbocycles. The maximum atomic E-state index is 12.7. The van der Waals surface area contributed by atoms with Gasteiger partial charge in [-0.05, 0) is 72.7 Å². The van der Waals surface area contributed by atoms with Gasteiger partial charge in [0.25, 0.3) is 5.91 Å². The molecule has 4 rings (SSSR count). The van der Waals surface area contributed by atoms with Gasteiger partial charge < -0.3 is 30.5 Å². The zero-order valence-electron chi connectivity index (χ0n) is 23.7. The summed E-state index contributed by atoms with van der Waals surface area (Å²) in [6.45, 7) is 6.11. The van der Waals surface area contributed by atoms with Gasteiger partial charge in [0.1, 0.15) is 12.2 Å². The van der Waals surface area contributed by atoms with Crippen LogP contribution in [-0.4, -0.2) is 48.5 Å². The van der Waals surface area contributed by atoms with Crippen LogP contribution in [0.15, 0.2) is 66.7 Å². The molecule has 0 saturated heterocycles. The van der Waals surface area contributed by atoms with Gasteiger partial charge in [-0.1, -0.05) is 54.6 Å². The number of amides is 3. The summed E-state index contributed by atoms with van der Waals surface area (Å²) in [6, 6.07) is 21.2. The van der Waals surface area contributed by atoms with Gasteiger partial charge in [-0.3, -0.25) is 4.79 Å². The fourth-order valence-corrected chi connectivity index (χ4v) is 4.80. The van der Waals surface area contributed by atoms with Crippen molar-refractivity contribution in [2.75, 3.05) is 19.7 Å². The van der Waals surface area contributed by atoms with Crippen molar-refractivity contribution in [3.63, 3.8) is 0 Å². The number of hydrogen-bond acceptors (Lipinski definition) is 6. The standard InChI is InChI=1S/C32H37N3O6/c1-32(2,3)41-31(39)35-18-23-17-21(13-14-22(23)19-36)29(37)33-15-8-16-34-30(38)40-20-28-26-11-6-4-9-24(26)25-10-5-7-12-27(25)28/h4-7,9-14,17,28,36H,8,15-16,18-20H2,1-3H3,(H,33,37)(H,34,38)(H,35,39). The molecule has 0 atom stereocenters. The van der Waals surface area contributed by atoms with Crippen molar-refractivity contribution in [2.45, 2.75) is 51.9 Å². The molecule has 1 aliphatic rings. The number of hydrogen-bond donors (Lipinski definition) is 4. The van der Waals surface area contributed by atoms with E-state index in [-0.39, 0.29) is 31.6 Å². The number of carbonyl (C=O) groups is 3. The molecule has 0 heterocycles. The lowest BCUT2D eigenvalue weighted by molar-refractivity contribution is 0.0523. The molecule has 0 fully saturated rings. The molecule has 9 heteroatoms. The van der Waals surface area contributed by atoms with Crippen LogP contribution in [0.1, 0.15) is 65.7 Å². The molecule has 3 amide bonds. The van der Waals surface area contributed by atoms with Crippen LogP contribution in [0.25, 0.3) is 11.1 Å². The first-order chi connectivity index (χ1) is 19.7. The van der Waals surface area contributed by atoms with E-state index in [0.717, 1.165) is 11.1 Å². The monoisotopic (exact) mass is 559 g/mol. The SMILES string of the molecule is CC(C)(C)OC(=O)NCc1cc(C(=O)NCCCNC(=O)OCC2c3ccccc3-c3ccccc32)ccc1CO. The van der Waals surface area contributed by atoms with E-state index in [4.69, 9.17) is 9.47 Å². The second kappa shape index (κ2) is 13.3. The first-order valence-corrected chi connectivity index (χ1v) is 13.7. The van der Waals surface area contributed by atoms with E-state index in [9.17, 15) is 19.5 Å². The van der Waals surface area contributed by atoms with Crippen LogP contribution in [0.2, 0.25) is 0 Å². The fourth-order valence-electron chi connectivity index (χ4n) is 4.80. The topological polar surface area (TPSA) is 126 Å². The highest BCUT2D eigenvalue weighted by molar-refractivity contribution is 5.94. The van der Waals surface area contributed by atoms with Gasteiger partial charge in [-0.2, -0.15) is 0 Å². The Labute approximate surface area is 240 Å². The Bertz CT molecular complexity index is 1350. The van der Waals surface area contributed by atoms with Crippen LogP contribution in [0.5, 0.6) is 0 Å². The maximum Gasteiger partial charge on any atom is 0.407 e. The highest BCUT2D eigenvalue weighted by Crippen LogP contribution is 2.44. The summed E-state index contributed by atoms with van der Waals surface area (Å²) in [6.07, 6.45) is -0.572. The number of alkyl carbamates (subject to hydrolysis) is 2. The van der Waals surface area contributed by atoms with Crippen LogP contribution in [0.3, 0.4) is 0 Å². The summed E-state index contributed by atoms with van der Waals surface area (Å²) in [7, 11) is 0. The van der Waals surface area contributed by atoms with Gasteiger partial charge in [-0.25, -0.2) is 9.59 Å². The van der Waals surface area contributed by atoms with Crippen molar-refractivity contribution >= 4 is 18.1 Å². The molecule has 3 aromatic carbocycles. The molecule has 0 aliphatic heterocycles. The zero-order valence-corrected chi connectivity index (χ0v) is 23.7. The number of nitrogens with one attached hydrogen (secondary N) is 3. The number of carbonyl (C=O) groups excluding carboxylic acids is 3. The van der Waals surface area contributed by atoms with Crippen molar-refractivity contribution in [2.24, 2.45) is 0 Å². The molecule has 0 spiro atoms. The third-order valence-electron chi connectivity index (χ3n) is 6.71. The molecule has 0 aromatic heterocycles. The van der Waals surface area contributed by atoms with Gasteiger partial charge in [-0.15, -0.1) is 0 Å². The lowest BCUT2D eigenvalue weighted by atomic mass is 9.98. The summed E-state index contributed by atoms with van der Waals surface area (Å²) < 4.78 is 10.8. The van der Waals surface area contributed by atoms with E-state index < -0.39 is 17.8 Å². The molecular weight excluding hydrogens is 522 g/mol. The summed E-state index contributed by atoms with van der Waals surface area (Å²) in [5.74, 6) is -0.303. The smallest absolute Gasteiger partial charge is 0.407 e. The number of rotatable bonds is 10. The van der Waals surface area contributed by atoms with E-state index in [1.807, 2.05) is 24.3 Å². The van der Waals surface area contributed by atoms with E-state index in [0.29, 0.717) is 36.2 Å². The number of aliphatic hydroxyl groups excluding tert-OH is 1. The number of benzene rings is 3. The highest BCUT2D eigenvalue weighted by atomic mass is 16.6. The lowest BCUT2D eigenvalue weighted by Crippen LogP contribution is -2.32. The van der Waals surface area contributed by atoms with Gasteiger partial charge in [0.05, 0.1) is 6.61 Å². The van der Waals surface area contributed by atoms with Gasteiger partial charge in [0.2, 0.25) is 0 Å². The Morgan fingerprint density at radius 3 is 2.07 bits per heavy atom. The minimum absolute atomic E-state index is 0.00566. The van der Waals surface area contributed by atoms with Crippen LogP contribution >= 0.6 is 0 Å². The largest absolute Gasteiger partial charge is 0.449 e. The predicted molar refractivity (Wildman–Crippen MR) is 155 cm³/mol. The normalized spacial score (nSPS) is 12.2. The second-order valence-corrected chi connectivity index (χ2v) is 10.9. The van der Waals surface area contributed by atoms with E-state index in [1.165, 1.54) is 11.1 Å². The average molecular weight is 560 g/mol. The summed E-state index contributed by atoms with van der Waals surface area (Å²) >= 11 is 0. The third kappa shape index (κ3) is 7.85. The minimum Gasteiger partial charge on any atom is -0.449 e. The Balaban J connectivity index is 1.20. The van der Waals surface area contributed by atoms with Crippen molar-refractivity contribution in [3.8, 4) is 11.1 Å². The molecule has 41 heavy (non-hydrogen) atoms. The summed E-state index contributed by atoms with van der Waals surface area (Å²) in [5, 5.41) is 17.9. The third-order valence-corrected chi connectivity index (χ3v) is 6.71. The lowest BCUT2D eigenvalue weighted by Gasteiger charge is -2.20. The van der Waals surface area contributed by atoms with Crippen LogP contribution in [-0.2, 0) is 22.6 Å². The van der Waals surface area contributed by atoms with E-state index in [1.54, 1.807) is 39.0 Å². The Morgan fingerprint density at radius 2 is 1.44 bits per heavy atom. The summed E-state index contributed by atoms with van der Waals surface area (Å²) in [4.78, 5) is 37.0. The van der Waals surface area contributed by atoms with Crippen LogP contribution < -0.4 is 16.0 Å². The molecule has 0 radical (unpaired) electrons. The van der Waals surface area contributed by atoms with E-state index >= 15 is 0 Å². The van der Waals surface area contributed by atoms with Crippen molar-refractivity contribution in [1.29, 1.82) is 0 Å². The average Bonchev–Trinajstić information content (AvgIpc) is 3.27.